The molecule has 10 heteroatoms. The average molecular weight is 428 g/mol. The predicted octanol–water partition coefficient (Wildman–Crippen LogP) is 3.45. The minimum atomic E-state index is -1.94. The zero-order valence-electron chi connectivity index (χ0n) is 16.6. The van der Waals surface area contributed by atoms with Crippen molar-refractivity contribution in [1.82, 2.24) is 14.9 Å². The SMILES string of the molecule is Cc1nccc2c1c(=O)n(C)c1cc(OCC(CC=C(F)F)NC(=O)O)c(C#N)cc21. The fourth-order valence-electron chi connectivity index (χ4n) is 3.37. The fraction of sp³-hybridized carbons (Fsp3) is 0.238. The minimum Gasteiger partial charge on any atom is -0.490 e. The quantitative estimate of drug-likeness (QED) is 0.581. The summed E-state index contributed by atoms with van der Waals surface area (Å²) in [6.07, 6.45) is -1.46. The van der Waals surface area contributed by atoms with Crippen LogP contribution < -0.4 is 15.6 Å². The lowest BCUT2D eigenvalue weighted by atomic mass is 10.0. The molecule has 1 unspecified atom stereocenters. The molecule has 0 radical (unpaired) electrons. The first-order valence-electron chi connectivity index (χ1n) is 9.18. The van der Waals surface area contributed by atoms with Crippen LogP contribution in [0.3, 0.4) is 0 Å². The number of carbonyl (C=O) groups is 1. The van der Waals surface area contributed by atoms with Gasteiger partial charge in [0.15, 0.2) is 0 Å². The van der Waals surface area contributed by atoms with Crippen molar-refractivity contribution in [1.29, 1.82) is 5.26 Å². The van der Waals surface area contributed by atoms with Gasteiger partial charge in [-0.3, -0.25) is 9.78 Å². The molecular weight excluding hydrogens is 410 g/mol. The molecular formula is C21H18F2N4O4. The Kier molecular flexibility index (Phi) is 6.15. The van der Waals surface area contributed by atoms with Crippen molar-refractivity contribution in [2.24, 2.45) is 7.05 Å². The van der Waals surface area contributed by atoms with Crippen LogP contribution in [0.5, 0.6) is 5.75 Å². The van der Waals surface area contributed by atoms with Crippen molar-refractivity contribution in [3.8, 4) is 11.8 Å². The van der Waals surface area contributed by atoms with E-state index in [1.54, 1.807) is 32.3 Å². The van der Waals surface area contributed by atoms with Crippen molar-refractivity contribution in [3.05, 3.63) is 58.2 Å². The number of aryl methyl sites for hydroxylation is 2. The summed E-state index contributed by atoms with van der Waals surface area (Å²) in [4.78, 5) is 27.9. The topological polar surface area (TPSA) is 117 Å². The number of nitriles is 1. The van der Waals surface area contributed by atoms with Gasteiger partial charge in [0, 0.05) is 24.7 Å². The average Bonchev–Trinajstić information content (AvgIpc) is 2.72. The monoisotopic (exact) mass is 428 g/mol. The lowest BCUT2D eigenvalue weighted by Gasteiger charge is -2.18. The molecule has 0 aliphatic rings. The van der Waals surface area contributed by atoms with Crippen LogP contribution in [0.15, 0.2) is 41.3 Å². The molecule has 2 heterocycles. The van der Waals surface area contributed by atoms with E-state index in [0.29, 0.717) is 33.4 Å². The largest absolute Gasteiger partial charge is 0.490 e. The molecule has 0 saturated heterocycles. The van der Waals surface area contributed by atoms with Gasteiger partial charge in [0.1, 0.15) is 18.4 Å². The number of rotatable bonds is 6. The van der Waals surface area contributed by atoms with Crippen molar-refractivity contribution >= 4 is 27.8 Å². The maximum absolute atomic E-state index is 12.8. The highest BCUT2D eigenvalue weighted by atomic mass is 19.3. The third-order valence-corrected chi connectivity index (χ3v) is 4.85. The standard InChI is InChI=1S/C21H18F2N4O4/c1-11-19-14(5-6-25-11)15-7-12(9-24)17(8-16(15)27(2)20(19)28)31-10-13(26-21(29)30)3-4-18(22)23/h4-8,13,26H,3,10H2,1-2H3,(H,29,30). The van der Waals surface area contributed by atoms with E-state index in [0.717, 1.165) is 0 Å². The normalized spacial score (nSPS) is 11.7. The lowest BCUT2D eigenvalue weighted by Crippen LogP contribution is -2.38. The lowest BCUT2D eigenvalue weighted by molar-refractivity contribution is 0.181. The number of aromatic nitrogens is 2. The minimum absolute atomic E-state index is 0.108. The maximum atomic E-state index is 12.8. The van der Waals surface area contributed by atoms with Crippen molar-refractivity contribution < 1.29 is 23.4 Å². The molecule has 1 atom stereocenters. The van der Waals surface area contributed by atoms with E-state index in [1.165, 1.54) is 10.6 Å². The number of pyridine rings is 2. The zero-order valence-corrected chi connectivity index (χ0v) is 16.6. The second-order valence-corrected chi connectivity index (χ2v) is 6.85. The second-order valence-electron chi connectivity index (χ2n) is 6.85. The molecule has 8 nitrogen and oxygen atoms in total. The summed E-state index contributed by atoms with van der Waals surface area (Å²) >= 11 is 0. The molecule has 0 fully saturated rings. The Morgan fingerprint density at radius 3 is 2.81 bits per heavy atom. The summed E-state index contributed by atoms with van der Waals surface area (Å²) in [5, 5.41) is 22.3. The molecule has 0 spiro atoms. The Hall–Kier alpha value is -4.00. The van der Waals surface area contributed by atoms with E-state index >= 15 is 0 Å². The maximum Gasteiger partial charge on any atom is 0.405 e. The van der Waals surface area contributed by atoms with E-state index in [2.05, 4.69) is 10.3 Å². The van der Waals surface area contributed by atoms with Crippen molar-refractivity contribution in [3.63, 3.8) is 0 Å². The van der Waals surface area contributed by atoms with Crippen molar-refractivity contribution in [2.45, 2.75) is 19.4 Å². The highest BCUT2D eigenvalue weighted by Crippen LogP contribution is 2.30. The first kappa shape index (κ1) is 21.7. The van der Waals surface area contributed by atoms with E-state index in [4.69, 9.17) is 9.84 Å². The van der Waals surface area contributed by atoms with Crippen LogP contribution in [0.2, 0.25) is 0 Å². The molecule has 2 N–H and O–H groups in total. The Balaban J connectivity index is 2.07. The Bertz CT molecular complexity index is 1310. The molecule has 160 valence electrons. The number of amides is 1. The molecule has 3 aromatic rings. The Morgan fingerprint density at radius 1 is 1.42 bits per heavy atom. The number of fused-ring (bicyclic) bond motifs is 3. The van der Waals surface area contributed by atoms with Gasteiger partial charge in [-0.1, -0.05) is 0 Å². The van der Waals surface area contributed by atoms with Gasteiger partial charge in [-0.05, 0) is 36.9 Å². The number of halogens is 2. The Labute approximate surface area is 175 Å². The number of benzene rings is 1. The van der Waals surface area contributed by atoms with Gasteiger partial charge in [-0.2, -0.15) is 14.0 Å². The summed E-state index contributed by atoms with van der Waals surface area (Å²) in [6.45, 7) is 1.43. The highest BCUT2D eigenvalue weighted by molar-refractivity contribution is 6.07. The molecule has 1 amide bonds. The van der Waals surface area contributed by atoms with E-state index < -0.39 is 18.2 Å². The van der Waals surface area contributed by atoms with Crippen LogP contribution in [0.1, 0.15) is 17.7 Å². The molecule has 0 bridgehead atoms. The first-order chi connectivity index (χ1) is 14.7. The smallest absolute Gasteiger partial charge is 0.405 e. The molecule has 2 aromatic heterocycles. The van der Waals surface area contributed by atoms with Crippen LogP contribution >= 0.6 is 0 Å². The van der Waals surface area contributed by atoms with E-state index in [-0.39, 0.29) is 29.9 Å². The summed E-state index contributed by atoms with van der Waals surface area (Å²) in [7, 11) is 1.58. The van der Waals surface area contributed by atoms with E-state index in [9.17, 15) is 23.6 Å². The number of hydrogen-bond donors (Lipinski definition) is 2. The van der Waals surface area contributed by atoms with Gasteiger partial charge >= 0.3 is 6.09 Å². The molecule has 0 aliphatic carbocycles. The Morgan fingerprint density at radius 2 is 2.16 bits per heavy atom. The van der Waals surface area contributed by atoms with Gasteiger partial charge in [-0.25, -0.2) is 4.79 Å². The molecule has 31 heavy (non-hydrogen) atoms. The number of nitrogens with zero attached hydrogens (tertiary/aromatic N) is 3. The summed E-state index contributed by atoms with van der Waals surface area (Å²) < 4.78 is 31.8. The van der Waals surface area contributed by atoms with Crippen LogP contribution in [0.25, 0.3) is 21.7 Å². The van der Waals surface area contributed by atoms with Gasteiger partial charge in [0.25, 0.3) is 11.6 Å². The number of hydrogen-bond acceptors (Lipinski definition) is 5. The van der Waals surface area contributed by atoms with Gasteiger partial charge in [0.05, 0.1) is 28.2 Å². The van der Waals surface area contributed by atoms with Crippen LogP contribution in [-0.4, -0.2) is 33.4 Å². The number of ether oxygens (including phenoxy) is 1. The number of nitrogens with one attached hydrogen (secondary N) is 1. The fourth-order valence-corrected chi connectivity index (χ4v) is 3.37. The van der Waals surface area contributed by atoms with Crippen molar-refractivity contribution in [2.75, 3.05) is 6.61 Å². The molecule has 0 aliphatic heterocycles. The zero-order chi connectivity index (χ0) is 22.7. The highest BCUT2D eigenvalue weighted by Gasteiger charge is 2.17. The predicted molar refractivity (Wildman–Crippen MR) is 109 cm³/mol. The van der Waals surface area contributed by atoms with Gasteiger partial charge < -0.3 is 19.7 Å². The summed E-state index contributed by atoms with van der Waals surface area (Å²) in [5.74, 6) is 0.108. The molecule has 1 aromatic carbocycles. The summed E-state index contributed by atoms with van der Waals surface area (Å²) in [5.41, 5.74) is 0.949. The van der Waals surface area contributed by atoms with E-state index in [1.807, 2.05) is 6.07 Å². The third-order valence-electron chi connectivity index (χ3n) is 4.85. The van der Waals surface area contributed by atoms with Gasteiger partial charge in [-0.15, -0.1) is 0 Å². The molecule has 0 saturated carbocycles. The van der Waals surface area contributed by atoms with Gasteiger partial charge in [0.2, 0.25) is 0 Å². The summed E-state index contributed by atoms with van der Waals surface area (Å²) in [6, 6.07) is 5.83. The third kappa shape index (κ3) is 4.45. The molecule has 3 rings (SSSR count). The second kappa shape index (κ2) is 8.79. The van der Waals surface area contributed by atoms with Crippen LogP contribution in [-0.2, 0) is 7.05 Å². The number of carboxylic acid groups (broad SMARTS) is 1. The van der Waals surface area contributed by atoms with Crippen LogP contribution in [0.4, 0.5) is 13.6 Å². The van der Waals surface area contributed by atoms with Crippen LogP contribution in [0, 0.1) is 18.3 Å². The first-order valence-corrected chi connectivity index (χ1v) is 9.18.